The third kappa shape index (κ3) is 2.67. The molecule has 2 atom stereocenters. The van der Waals surface area contributed by atoms with Crippen LogP contribution in [0.3, 0.4) is 0 Å². The Bertz CT molecular complexity index is 728. The van der Waals surface area contributed by atoms with Crippen LogP contribution in [-0.2, 0) is 9.59 Å². The summed E-state index contributed by atoms with van der Waals surface area (Å²) in [6.07, 6.45) is 0.746. The molecule has 1 aromatic carbocycles. The van der Waals surface area contributed by atoms with Crippen molar-refractivity contribution < 1.29 is 14.7 Å². The van der Waals surface area contributed by atoms with Crippen LogP contribution in [0.2, 0.25) is 0 Å². The van der Waals surface area contributed by atoms with Gasteiger partial charge in [0.15, 0.2) is 0 Å². The van der Waals surface area contributed by atoms with Crippen LogP contribution in [0.5, 0.6) is 0 Å². The van der Waals surface area contributed by atoms with Crippen molar-refractivity contribution in [2.24, 2.45) is 5.41 Å². The van der Waals surface area contributed by atoms with E-state index in [2.05, 4.69) is 15.5 Å². The number of carbonyl (C=O) groups excluding carboxylic acids is 2. The van der Waals surface area contributed by atoms with Crippen molar-refractivity contribution in [2.75, 3.05) is 25.5 Å². The van der Waals surface area contributed by atoms with Crippen LogP contribution in [0.25, 0.3) is 0 Å². The van der Waals surface area contributed by atoms with E-state index in [1.165, 1.54) is 0 Å². The molecule has 3 rings (SSSR count). The van der Waals surface area contributed by atoms with Gasteiger partial charge in [-0.2, -0.15) is 0 Å². The van der Waals surface area contributed by atoms with Gasteiger partial charge in [0.2, 0.25) is 0 Å². The van der Waals surface area contributed by atoms with Gasteiger partial charge in [-0.1, -0.05) is 18.2 Å². The van der Waals surface area contributed by atoms with Crippen LogP contribution in [0.4, 0.5) is 5.69 Å². The minimum absolute atomic E-state index is 0.117. The molecule has 0 saturated carbocycles. The molecule has 2 aliphatic heterocycles. The summed E-state index contributed by atoms with van der Waals surface area (Å²) < 4.78 is 0. The van der Waals surface area contributed by atoms with E-state index < -0.39 is 17.2 Å². The zero-order valence-corrected chi connectivity index (χ0v) is 14.2. The standard InChI is InChI=1S/C18H23N3O3/c1-11-6-4-5-7-12(11)19-16(23)14-15(22)18(2)10-21(3)9-8-13(18)20-17(14)24/h4-7,13,22H,8-10H2,1-3H3,(H,19,23)(H,20,24)/t13-,18-/m0/s1. The fourth-order valence-corrected chi connectivity index (χ4v) is 3.62. The Morgan fingerprint density at radius 1 is 1.42 bits per heavy atom. The van der Waals surface area contributed by atoms with E-state index >= 15 is 0 Å². The predicted molar refractivity (Wildman–Crippen MR) is 91.6 cm³/mol. The number of carbonyl (C=O) groups is 2. The monoisotopic (exact) mass is 329 g/mol. The van der Waals surface area contributed by atoms with E-state index in [1.54, 1.807) is 6.07 Å². The highest BCUT2D eigenvalue weighted by atomic mass is 16.3. The van der Waals surface area contributed by atoms with E-state index in [-0.39, 0.29) is 17.4 Å². The number of piperidine rings is 1. The molecule has 6 heteroatoms. The fraction of sp³-hybridized carbons (Fsp3) is 0.444. The highest BCUT2D eigenvalue weighted by molar-refractivity contribution is 6.23. The fourth-order valence-electron chi connectivity index (χ4n) is 3.62. The summed E-state index contributed by atoms with van der Waals surface area (Å²) in [5.41, 5.74) is 0.679. The molecule has 1 fully saturated rings. The van der Waals surface area contributed by atoms with Crippen LogP contribution in [0, 0.1) is 12.3 Å². The summed E-state index contributed by atoms with van der Waals surface area (Å²) in [5, 5.41) is 16.4. The molecule has 24 heavy (non-hydrogen) atoms. The highest BCUT2D eigenvalue weighted by Crippen LogP contribution is 2.39. The van der Waals surface area contributed by atoms with Crippen molar-refractivity contribution in [1.82, 2.24) is 10.2 Å². The SMILES string of the molecule is Cc1ccccc1NC(=O)C1=C(O)[C@@]2(C)CN(C)CC[C@@H]2NC1=O. The average molecular weight is 329 g/mol. The number of nitrogens with zero attached hydrogens (tertiary/aromatic N) is 1. The average Bonchev–Trinajstić information content (AvgIpc) is 2.51. The van der Waals surface area contributed by atoms with E-state index in [0.717, 1.165) is 18.5 Å². The van der Waals surface area contributed by atoms with Gasteiger partial charge in [-0.25, -0.2) is 0 Å². The second-order valence-corrected chi connectivity index (χ2v) is 6.96. The number of hydrogen-bond acceptors (Lipinski definition) is 4. The van der Waals surface area contributed by atoms with Crippen LogP contribution in [-0.4, -0.2) is 48.0 Å². The Morgan fingerprint density at radius 2 is 2.12 bits per heavy atom. The first-order valence-corrected chi connectivity index (χ1v) is 8.13. The van der Waals surface area contributed by atoms with Gasteiger partial charge in [-0.15, -0.1) is 0 Å². The lowest BCUT2D eigenvalue weighted by Gasteiger charge is -2.47. The maximum absolute atomic E-state index is 12.6. The van der Waals surface area contributed by atoms with Crippen LogP contribution in [0.1, 0.15) is 18.9 Å². The number of fused-ring (bicyclic) bond motifs is 1. The van der Waals surface area contributed by atoms with Gasteiger partial charge in [-0.3, -0.25) is 9.59 Å². The van der Waals surface area contributed by atoms with Crippen molar-refractivity contribution in [3.63, 3.8) is 0 Å². The number of hydrogen-bond donors (Lipinski definition) is 3. The molecule has 0 spiro atoms. The molecule has 2 aliphatic rings. The Kier molecular flexibility index (Phi) is 4.09. The van der Waals surface area contributed by atoms with E-state index in [9.17, 15) is 14.7 Å². The second kappa shape index (κ2) is 5.94. The van der Waals surface area contributed by atoms with E-state index in [1.807, 2.05) is 39.1 Å². The Balaban J connectivity index is 1.94. The lowest BCUT2D eigenvalue weighted by molar-refractivity contribution is -0.125. The molecule has 0 unspecified atom stereocenters. The Labute approximate surface area is 141 Å². The van der Waals surface area contributed by atoms with Crippen molar-refractivity contribution in [3.05, 3.63) is 41.2 Å². The van der Waals surface area contributed by atoms with Gasteiger partial charge < -0.3 is 20.6 Å². The summed E-state index contributed by atoms with van der Waals surface area (Å²) in [7, 11) is 1.97. The minimum Gasteiger partial charge on any atom is -0.511 e. The summed E-state index contributed by atoms with van der Waals surface area (Å²) in [5.74, 6) is -1.20. The van der Waals surface area contributed by atoms with Crippen molar-refractivity contribution in [3.8, 4) is 0 Å². The second-order valence-electron chi connectivity index (χ2n) is 6.96. The number of aliphatic hydroxyl groups is 1. The van der Waals surface area contributed by atoms with Crippen LogP contribution in [0.15, 0.2) is 35.6 Å². The lowest BCUT2D eigenvalue weighted by Crippen LogP contribution is -2.61. The van der Waals surface area contributed by atoms with Gasteiger partial charge in [0.25, 0.3) is 11.8 Å². The molecule has 2 heterocycles. The third-order valence-electron chi connectivity index (χ3n) is 5.10. The van der Waals surface area contributed by atoms with Gasteiger partial charge in [-0.05, 0) is 45.5 Å². The van der Waals surface area contributed by atoms with Crippen molar-refractivity contribution >= 4 is 17.5 Å². The molecule has 6 nitrogen and oxygen atoms in total. The first-order valence-electron chi connectivity index (χ1n) is 8.13. The van der Waals surface area contributed by atoms with E-state index in [4.69, 9.17) is 0 Å². The molecule has 2 amide bonds. The Hall–Kier alpha value is -2.34. The quantitative estimate of drug-likeness (QED) is 0.720. The van der Waals surface area contributed by atoms with Crippen LogP contribution < -0.4 is 10.6 Å². The molecule has 128 valence electrons. The molecule has 0 aromatic heterocycles. The zero-order chi connectivity index (χ0) is 17.5. The summed E-state index contributed by atoms with van der Waals surface area (Å²) in [6, 6.07) is 7.17. The normalized spacial score (nSPS) is 27.5. The molecule has 0 aliphatic carbocycles. The lowest BCUT2D eigenvalue weighted by atomic mass is 9.72. The summed E-state index contributed by atoms with van der Waals surface area (Å²) in [6.45, 7) is 5.20. The number of anilines is 1. The molecule has 0 bridgehead atoms. The smallest absolute Gasteiger partial charge is 0.264 e. The number of aryl methyl sites for hydroxylation is 1. The largest absolute Gasteiger partial charge is 0.511 e. The molecule has 1 saturated heterocycles. The minimum atomic E-state index is -0.653. The maximum atomic E-state index is 12.6. The van der Waals surface area contributed by atoms with Crippen molar-refractivity contribution in [1.29, 1.82) is 0 Å². The number of likely N-dealkylation sites (tertiary alicyclic amines) is 1. The molecular weight excluding hydrogens is 306 g/mol. The molecule has 3 N–H and O–H groups in total. The van der Waals surface area contributed by atoms with Gasteiger partial charge in [0.05, 0.1) is 5.41 Å². The highest BCUT2D eigenvalue weighted by Gasteiger charge is 2.49. The van der Waals surface area contributed by atoms with Gasteiger partial charge >= 0.3 is 0 Å². The van der Waals surface area contributed by atoms with E-state index in [0.29, 0.717) is 12.2 Å². The zero-order valence-electron chi connectivity index (χ0n) is 14.2. The molecule has 0 radical (unpaired) electrons. The topological polar surface area (TPSA) is 81.7 Å². The number of benzene rings is 1. The first kappa shape index (κ1) is 16.5. The van der Waals surface area contributed by atoms with Crippen molar-refractivity contribution in [2.45, 2.75) is 26.3 Å². The van der Waals surface area contributed by atoms with Gasteiger partial charge in [0.1, 0.15) is 11.3 Å². The van der Waals surface area contributed by atoms with Crippen LogP contribution >= 0.6 is 0 Å². The summed E-state index contributed by atoms with van der Waals surface area (Å²) in [4.78, 5) is 27.1. The molecule has 1 aromatic rings. The van der Waals surface area contributed by atoms with Gasteiger partial charge in [0, 0.05) is 18.3 Å². The summed E-state index contributed by atoms with van der Waals surface area (Å²) >= 11 is 0. The number of rotatable bonds is 2. The number of aliphatic hydroxyl groups excluding tert-OH is 1. The Morgan fingerprint density at radius 3 is 2.83 bits per heavy atom. The predicted octanol–water partition coefficient (Wildman–Crippen LogP) is 1.59. The number of para-hydroxylation sites is 1. The number of amides is 2. The first-order chi connectivity index (χ1) is 11.3. The number of nitrogens with one attached hydrogen (secondary N) is 2. The third-order valence-corrected chi connectivity index (χ3v) is 5.10. The maximum Gasteiger partial charge on any atom is 0.264 e. The molecular formula is C18H23N3O3.